The van der Waals surface area contributed by atoms with Gasteiger partial charge >= 0.3 is 0 Å². The minimum Gasteiger partial charge on any atom is -0.329 e. The summed E-state index contributed by atoms with van der Waals surface area (Å²) in [5.41, 5.74) is 6.23. The second-order valence-electron chi connectivity index (χ2n) is 4.21. The average molecular weight is 201 g/mol. The molecular weight excluding hydrogens is 182 g/mol. The molecule has 3 nitrogen and oxygen atoms in total. The van der Waals surface area contributed by atoms with Gasteiger partial charge in [-0.25, -0.2) is 0 Å². The van der Waals surface area contributed by atoms with Gasteiger partial charge in [-0.2, -0.15) is 11.8 Å². The topological polar surface area (TPSA) is 32.5 Å². The molecule has 0 aliphatic carbocycles. The molecule has 0 radical (unpaired) electrons. The molecule has 2 saturated heterocycles. The zero-order valence-corrected chi connectivity index (χ0v) is 9.15. The Hall–Kier alpha value is 0.230. The summed E-state index contributed by atoms with van der Waals surface area (Å²) in [5.74, 6) is 2.49. The van der Waals surface area contributed by atoms with Gasteiger partial charge in [0.1, 0.15) is 0 Å². The van der Waals surface area contributed by atoms with Gasteiger partial charge in [0.2, 0.25) is 0 Å². The van der Waals surface area contributed by atoms with E-state index in [4.69, 9.17) is 5.73 Å². The van der Waals surface area contributed by atoms with Crippen LogP contribution < -0.4 is 5.73 Å². The first kappa shape index (κ1) is 9.77. The Morgan fingerprint density at radius 3 is 2.23 bits per heavy atom. The summed E-state index contributed by atoms with van der Waals surface area (Å²) >= 11 is 2.03. The first-order valence-corrected chi connectivity index (χ1v) is 6.14. The molecule has 2 aliphatic heterocycles. The highest BCUT2D eigenvalue weighted by molar-refractivity contribution is 8.00. The number of nitrogens with zero attached hydrogens (tertiary/aromatic N) is 2. The third kappa shape index (κ3) is 1.73. The van der Waals surface area contributed by atoms with Crippen molar-refractivity contribution in [1.29, 1.82) is 0 Å². The maximum Gasteiger partial charge on any atom is 0.0513 e. The Morgan fingerprint density at radius 1 is 1.23 bits per heavy atom. The van der Waals surface area contributed by atoms with Crippen LogP contribution in [0.1, 0.15) is 0 Å². The zero-order valence-electron chi connectivity index (χ0n) is 8.33. The molecule has 0 aromatic rings. The molecule has 0 atom stereocenters. The van der Waals surface area contributed by atoms with Gasteiger partial charge < -0.3 is 10.6 Å². The Morgan fingerprint density at radius 2 is 1.85 bits per heavy atom. The quantitative estimate of drug-likeness (QED) is 0.663. The number of hydrogen-bond acceptors (Lipinski definition) is 4. The fourth-order valence-corrected chi connectivity index (χ4v) is 3.32. The van der Waals surface area contributed by atoms with Crippen molar-refractivity contribution in [2.24, 2.45) is 5.73 Å². The highest BCUT2D eigenvalue weighted by Crippen LogP contribution is 2.34. The van der Waals surface area contributed by atoms with E-state index in [0.29, 0.717) is 5.54 Å². The first-order chi connectivity index (χ1) is 6.27. The lowest BCUT2D eigenvalue weighted by atomic mass is 10.0. The molecular formula is C9H19N3S. The van der Waals surface area contributed by atoms with Crippen LogP contribution in [-0.2, 0) is 0 Å². The zero-order chi connectivity index (χ0) is 9.31. The van der Waals surface area contributed by atoms with Crippen molar-refractivity contribution in [1.82, 2.24) is 9.80 Å². The molecule has 0 amide bonds. The van der Waals surface area contributed by atoms with Gasteiger partial charge in [-0.3, -0.25) is 4.90 Å². The van der Waals surface area contributed by atoms with E-state index in [2.05, 4.69) is 16.8 Å². The first-order valence-electron chi connectivity index (χ1n) is 4.98. The molecule has 4 heteroatoms. The fourth-order valence-electron chi connectivity index (χ4n) is 2.05. The number of likely N-dealkylation sites (N-methyl/N-ethyl adjacent to an activating group) is 1. The number of thioether (sulfide) groups is 1. The van der Waals surface area contributed by atoms with Crippen molar-refractivity contribution < 1.29 is 0 Å². The molecule has 0 unspecified atom stereocenters. The van der Waals surface area contributed by atoms with E-state index in [0.717, 1.165) is 6.54 Å². The normalized spacial score (nSPS) is 30.0. The van der Waals surface area contributed by atoms with Gasteiger partial charge in [0.15, 0.2) is 0 Å². The monoisotopic (exact) mass is 201 g/mol. The molecule has 2 N–H and O–H groups in total. The van der Waals surface area contributed by atoms with Crippen LogP contribution in [-0.4, -0.2) is 66.6 Å². The molecule has 0 saturated carbocycles. The fraction of sp³-hybridized carbons (Fsp3) is 1.00. The van der Waals surface area contributed by atoms with Crippen LogP contribution in [0.15, 0.2) is 0 Å². The van der Waals surface area contributed by atoms with E-state index >= 15 is 0 Å². The van der Waals surface area contributed by atoms with Gasteiger partial charge in [0.05, 0.1) is 5.54 Å². The Labute approximate surface area is 84.6 Å². The largest absolute Gasteiger partial charge is 0.329 e. The van der Waals surface area contributed by atoms with Gasteiger partial charge in [0, 0.05) is 44.2 Å². The van der Waals surface area contributed by atoms with Crippen LogP contribution in [0.5, 0.6) is 0 Å². The molecule has 0 spiro atoms. The summed E-state index contributed by atoms with van der Waals surface area (Å²) in [6, 6.07) is 0. The third-order valence-electron chi connectivity index (χ3n) is 3.30. The molecule has 13 heavy (non-hydrogen) atoms. The average Bonchev–Trinajstić information content (AvgIpc) is 2.07. The minimum absolute atomic E-state index is 0.367. The molecule has 0 aromatic heterocycles. The summed E-state index contributed by atoms with van der Waals surface area (Å²) in [6.07, 6.45) is 0. The molecule has 0 bridgehead atoms. The Kier molecular flexibility index (Phi) is 2.83. The smallest absolute Gasteiger partial charge is 0.0513 e. The lowest BCUT2D eigenvalue weighted by molar-refractivity contribution is 0.0665. The van der Waals surface area contributed by atoms with Crippen LogP contribution in [0.3, 0.4) is 0 Å². The van der Waals surface area contributed by atoms with Crippen LogP contribution in [0.4, 0.5) is 0 Å². The summed E-state index contributed by atoms with van der Waals surface area (Å²) in [4.78, 5) is 5.00. The van der Waals surface area contributed by atoms with E-state index in [1.165, 1.54) is 37.7 Å². The molecule has 2 rings (SSSR count). The minimum atomic E-state index is 0.367. The second kappa shape index (κ2) is 3.77. The summed E-state index contributed by atoms with van der Waals surface area (Å²) in [5, 5.41) is 0. The number of nitrogens with two attached hydrogens (primary N) is 1. The van der Waals surface area contributed by atoms with Crippen LogP contribution in [0, 0.1) is 0 Å². The summed E-state index contributed by atoms with van der Waals surface area (Å²) in [7, 11) is 2.20. The van der Waals surface area contributed by atoms with Crippen molar-refractivity contribution in [3.8, 4) is 0 Å². The van der Waals surface area contributed by atoms with E-state index < -0.39 is 0 Å². The maximum absolute atomic E-state index is 5.87. The number of hydrogen-bond donors (Lipinski definition) is 1. The van der Waals surface area contributed by atoms with Crippen molar-refractivity contribution in [2.45, 2.75) is 5.54 Å². The predicted molar refractivity (Wildman–Crippen MR) is 58.2 cm³/mol. The SMILES string of the molecule is CN1CCN(C2(CN)CSC2)CC1. The van der Waals surface area contributed by atoms with Gasteiger partial charge in [-0.15, -0.1) is 0 Å². The van der Waals surface area contributed by atoms with E-state index in [-0.39, 0.29) is 0 Å². The number of piperazine rings is 1. The standard InChI is InChI=1S/C9H19N3S/c1-11-2-4-12(5-3-11)9(6-10)7-13-8-9/h2-8,10H2,1H3. The van der Waals surface area contributed by atoms with Crippen LogP contribution in [0.2, 0.25) is 0 Å². The van der Waals surface area contributed by atoms with Crippen molar-refractivity contribution in [3.63, 3.8) is 0 Å². The lowest BCUT2D eigenvalue weighted by Crippen LogP contribution is -2.66. The maximum atomic E-state index is 5.87. The molecule has 2 heterocycles. The van der Waals surface area contributed by atoms with Crippen LogP contribution in [0.25, 0.3) is 0 Å². The molecule has 76 valence electrons. The Balaban J connectivity index is 1.92. The van der Waals surface area contributed by atoms with Gasteiger partial charge in [-0.05, 0) is 7.05 Å². The predicted octanol–water partition coefficient (Wildman–Crippen LogP) is -0.322. The summed E-state index contributed by atoms with van der Waals surface area (Å²) in [6.45, 7) is 5.64. The van der Waals surface area contributed by atoms with Crippen LogP contribution >= 0.6 is 11.8 Å². The highest BCUT2D eigenvalue weighted by atomic mass is 32.2. The van der Waals surface area contributed by atoms with E-state index in [1.807, 2.05) is 11.8 Å². The molecule has 2 fully saturated rings. The lowest BCUT2D eigenvalue weighted by Gasteiger charge is -2.51. The van der Waals surface area contributed by atoms with Crippen molar-refractivity contribution in [3.05, 3.63) is 0 Å². The van der Waals surface area contributed by atoms with Crippen molar-refractivity contribution >= 4 is 11.8 Å². The highest BCUT2D eigenvalue weighted by Gasteiger charge is 2.42. The molecule has 0 aromatic carbocycles. The second-order valence-corrected chi connectivity index (χ2v) is 5.20. The molecule has 2 aliphatic rings. The van der Waals surface area contributed by atoms with Gasteiger partial charge in [0.25, 0.3) is 0 Å². The Bertz CT molecular complexity index is 168. The van der Waals surface area contributed by atoms with E-state index in [9.17, 15) is 0 Å². The van der Waals surface area contributed by atoms with Gasteiger partial charge in [-0.1, -0.05) is 0 Å². The number of rotatable bonds is 2. The third-order valence-corrected chi connectivity index (χ3v) is 4.78. The van der Waals surface area contributed by atoms with Crippen molar-refractivity contribution in [2.75, 3.05) is 51.3 Å². The summed E-state index contributed by atoms with van der Waals surface area (Å²) < 4.78 is 0. The van der Waals surface area contributed by atoms with E-state index in [1.54, 1.807) is 0 Å².